The van der Waals surface area contributed by atoms with Crippen molar-refractivity contribution in [3.05, 3.63) is 78.6 Å². The fraction of sp³-hybridized carbons (Fsp3) is 0.182. The Morgan fingerprint density at radius 1 is 0.963 bits per heavy atom. The largest absolute Gasteiger partial charge is 0.457 e. The van der Waals surface area contributed by atoms with E-state index in [1.165, 1.54) is 0 Å². The fourth-order valence-electron chi connectivity index (χ4n) is 2.43. The zero-order chi connectivity index (χ0) is 19.1. The van der Waals surface area contributed by atoms with Gasteiger partial charge in [-0.1, -0.05) is 25.1 Å². The summed E-state index contributed by atoms with van der Waals surface area (Å²) in [6, 6.07) is 20.7. The second-order valence-electron chi connectivity index (χ2n) is 6.28. The average molecular weight is 361 g/mol. The molecule has 0 bridgehead atoms. The van der Waals surface area contributed by atoms with Gasteiger partial charge in [-0.2, -0.15) is 0 Å². The minimum atomic E-state index is -0.248. The van der Waals surface area contributed by atoms with Crippen LogP contribution in [0.4, 0.5) is 11.4 Å². The number of hydrogen-bond donors (Lipinski definition) is 2. The molecule has 0 saturated heterocycles. The first kappa shape index (κ1) is 18.5. The first-order valence-electron chi connectivity index (χ1n) is 9.01. The number of carbonyl (C=O) groups is 1. The summed E-state index contributed by atoms with van der Waals surface area (Å²) in [6.07, 6.45) is 2.70. The monoisotopic (exact) mass is 361 g/mol. The van der Waals surface area contributed by atoms with E-state index in [9.17, 15) is 4.79 Å². The van der Waals surface area contributed by atoms with Crippen molar-refractivity contribution in [1.82, 2.24) is 4.98 Å². The van der Waals surface area contributed by atoms with Gasteiger partial charge < -0.3 is 15.4 Å². The summed E-state index contributed by atoms with van der Waals surface area (Å²) in [4.78, 5) is 16.6. The maximum atomic E-state index is 12.4. The maximum Gasteiger partial charge on any atom is 0.274 e. The van der Waals surface area contributed by atoms with Crippen molar-refractivity contribution in [2.24, 2.45) is 0 Å². The highest BCUT2D eigenvalue weighted by Crippen LogP contribution is 2.22. The van der Waals surface area contributed by atoms with Crippen LogP contribution in [0.25, 0.3) is 0 Å². The van der Waals surface area contributed by atoms with E-state index in [4.69, 9.17) is 4.74 Å². The van der Waals surface area contributed by atoms with Gasteiger partial charge in [-0.25, -0.2) is 4.98 Å². The lowest BCUT2D eigenvalue weighted by molar-refractivity contribution is 0.102. The summed E-state index contributed by atoms with van der Waals surface area (Å²) >= 11 is 0. The Hall–Kier alpha value is -3.34. The minimum absolute atomic E-state index is 0.248. The van der Waals surface area contributed by atoms with Crippen LogP contribution in [0.15, 0.2) is 72.9 Å². The molecule has 0 radical (unpaired) electrons. The number of pyridine rings is 1. The molecule has 27 heavy (non-hydrogen) atoms. The first-order chi connectivity index (χ1) is 13.1. The van der Waals surface area contributed by atoms with Gasteiger partial charge in [0.15, 0.2) is 0 Å². The number of nitrogens with zero attached hydrogens (tertiary/aromatic N) is 1. The van der Waals surface area contributed by atoms with E-state index < -0.39 is 0 Å². The highest BCUT2D eigenvalue weighted by molar-refractivity contribution is 6.02. The number of carbonyl (C=O) groups excluding carboxylic acids is 1. The maximum absolute atomic E-state index is 12.4. The van der Waals surface area contributed by atoms with E-state index >= 15 is 0 Å². The van der Waals surface area contributed by atoms with Gasteiger partial charge in [-0.15, -0.1) is 0 Å². The molecule has 2 N–H and O–H groups in total. The van der Waals surface area contributed by atoms with Crippen LogP contribution >= 0.6 is 0 Å². The fourth-order valence-corrected chi connectivity index (χ4v) is 2.43. The summed E-state index contributed by atoms with van der Waals surface area (Å²) in [7, 11) is 0. The molecule has 138 valence electrons. The Bertz CT molecular complexity index is 862. The van der Waals surface area contributed by atoms with Gasteiger partial charge in [0.05, 0.1) is 11.9 Å². The molecule has 0 saturated carbocycles. The molecule has 5 nitrogen and oxygen atoms in total. The summed E-state index contributed by atoms with van der Waals surface area (Å²) in [5, 5.41) is 6.17. The van der Waals surface area contributed by atoms with Crippen molar-refractivity contribution < 1.29 is 9.53 Å². The van der Waals surface area contributed by atoms with Crippen molar-refractivity contribution >= 4 is 17.3 Å². The van der Waals surface area contributed by atoms with Gasteiger partial charge in [-0.3, -0.25) is 4.79 Å². The van der Waals surface area contributed by atoms with E-state index in [1.807, 2.05) is 48.5 Å². The Balaban J connectivity index is 1.59. The zero-order valence-electron chi connectivity index (χ0n) is 15.5. The molecule has 0 aliphatic heterocycles. The van der Waals surface area contributed by atoms with Crippen LogP contribution < -0.4 is 15.4 Å². The molecule has 0 spiro atoms. The molecule has 1 atom stereocenters. The van der Waals surface area contributed by atoms with Crippen LogP contribution in [0.1, 0.15) is 30.8 Å². The van der Waals surface area contributed by atoms with Crippen molar-refractivity contribution in [2.45, 2.75) is 26.3 Å². The van der Waals surface area contributed by atoms with Crippen molar-refractivity contribution in [2.75, 3.05) is 10.6 Å². The number of aromatic nitrogens is 1. The zero-order valence-corrected chi connectivity index (χ0v) is 15.5. The Labute approximate surface area is 159 Å². The van der Waals surface area contributed by atoms with Crippen LogP contribution in [-0.4, -0.2) is 16.9 Å². The predicted molar refractivity (Wildman–Crippen MR) is 109 cm³/mol. The molecular weight excluding hydrogens is 338 g/mol. The molecule has 1 amide bonds. The SMILES string of the molecule is CCC(C)Nc1ccc(C(=O)Nc2ccc(Oc3ccccc3)cc2)nc1. The van der Waals surface area contributed by atoms with Crippen LogP contribution in [0.3, 0.4) is 0 Å². The van der Waals surface area contributed by atoms with Crippen LogP contribution in [0.5, 0.6) is 11.5 Å². The summed E-state index contributed by atoms with van der Waals surface area (Å²) in [5.41, 5.74) is 1.96. The Morgan fingerprint density at radius 2 is 1.63 bits per heavy atom. The van der Waals surface area contributed by atoms with Crippen LogP contribution in [-0.2, 0) is 0 Å². The third-order valence-electron chi connectivity index (χ3n) is 4.11. The lowest BCUT2D eigenvalue weighted by atomic mass is 10.2. The lowest BCUT2D eigenvalue weighted by Crippen LogP contribution is -2.16. The molecule has 1 aromatic heterocycles. The second-order valence-corrected chi connectivity index (χ2v) is 6.28. The quantitative estimate of drug-likeness (QED) is 0.596. The highest BCUT2D eigenvalue weighted by Gasteiger charge is 2.08. The number of benzene rings is 2. The molecule has 1 heterocycles. The van der Waals surface area contributed by atoms with E-state index in [-0.39, 0.29) is 5.91 Å². The third-order valence-corrected chi connectivity index (χ3v) is 4.11. The van der Waals surface area contributed by atoms with E-state index in [2.05, 4.69) is 29.5 Å². The lowest BCUT2D eigenvalue weighted by Gasteiger charge is -2.12. The van der Waals surface area contributed by atoms with E-state index in [0.29, 0.717) is 23.2 Å². The topological polar surface area (TPSA) is 63.2 Å². The smallest absolute Gasteiger partial charge is 0.274 e. The van der Waals surface area contributed by atoms with Gasteiger partial charge in [0.2, 0.25) is 0 Å². The van der Waals surface area contributed by atoms with Crippen LogP contribution in [0, 0.1) is 0 Å². The van der Waals surface area contributed by atoms with Gasteiger partial charge in [0.1, 0.15) is 17.2 Å². The minimum Gasteiger partial charge on any atom is -0.457 e. The number of nitrogens with one attached hydrogen (secondary N) is 2. The molecule has 0 fully saturated rings. The number of ether oxygens (including phenoxy) is 1. The van der Waals surface area contributed by atoms with E-state index in [0.717, 1.165) is 17.9 Å². The first-order valence-corrected chi connectivity index (χ1v) is 9.01. The molecule has 3 aromatic rings. The molecule has 2 aromatic carbocycles. The van der Waals surface area contributed by atoms with E-state index in [1.54, 1.807) is 24.4 Å². The summed E-state index contributed by atoms with van der Waals surface area (Å²) in [5.74, 6) is 1.23. The third kappa shape index (κ3) is 5.31. The number of para-hydroxylation sites is 1. The number of anilines is 2. The second kappa shape index (κ2) is 8.85. The standard InChI is InChI=1S/C22H23N3O2/c1-3-16(2)24-18-11-14-21(23-15-18)22(26)25-17-9-12-20(13-10-17)27-19-7-5-4-6-8-19/h4-16,24H,3H2,1-2H3,(H,25,26). The molecule has 3 rings (SSSR count). The van der Waals surface area contributed by atoms with Crippen molar-refractivity contribution in [3.8, 4) is 11.5 Å². The molecule has 0 aliphatic carbocycles. The normalized spacial score (nSPS) is 11.5. The van der Waals surface area contributed by atoms with Crippen LogP contribution in [0.2, 0.25) is 0 Å². The predicted octanol–water partition coefficient (Wildman–Crippen LogP) is 5.34. The number of rotatable bonds is 7. The average Bonchev–Trinajstić information content (AvgIpc) is 2.70. The molecule has 1 unspecified atom stereocenters. The number of amides is 1. The summed E-state index contributed by atoms with van der Waals surface area (Å²) < 4.78 is 5.74. The molecule has 5 heteroatoms. The number of hydrogen-bond acceptors (Lipinski definition) is 4. The highest BCUT2D eigenvalue weighted by atomic mass is 16.5. The van der Waals surface area contributed by atoms with Crippen molar-refractivity contribution in [3.63, 3.8) is 0 Å². The summed E-state index contributed by atoms with van der Waals surface area (Å²) in [6.45, 7) is 4.22. The van der Waals surface area contributed by atoms with Gasteiger partial charge in [-0.05, 0) is 61.9 Å². The Kier molecular flexibility index (Phi) is 6.05. The van der Waals surface area contributed by atoms with Gasteiger partial charge in [0, 0.05) is 11.7 Å². The van der Waals surface area contributed by atoms with Crippen molar-refractivity contribution in [1.29, 1.82) is 0 Å². The Morgan fingerprint density at radius 3 is 2.26 bits per heavy atom. The van der Waals surface area contributed by atoms with Gasteiger partial charge in [0.25, 0.3) is 5.91 Å². The molecular formula is C22H23N3O2. The van der Waals surface area contributed by atoms with Gasteiger partial charge >= 0.3 is 0 Å². The molecule has 0 aliphatic rings.